The molecule has 1 aromatic carbocycles. The highest BCUT2D eigenvalue weighted by atomic mass is 16.5. The van der Waals surface area contributed by atoms with Crippen molar-refractivity contribution in [2.75, 3.05) is 19.8 Å². The van der Waals surface area contributed by atoms with Gasteiger partial charge >= 0.3 is 0 Å². The lowest BCUT2D eigenvalue weighted by Gasteiger charge is -2.33. The maximum atomic E-state index is 12.9. The van der Waals surface area contributed by atoms with E-state index >= 15 is 0 Å². The third kappa shape index (κ3) is 2.82. The number of fused-ring (bicyclic) bond motifs is 1. The van der Waals surface area contributed by atoms with E-state index < -0.39 is 0 Å². The van der Waals surface area contributed by atoms with Gasteiger partial charge in [0.05, 0.1) is 30.4 Å². The average Bonchev–Trinajstić information content (AvgIpc) is 2.92. The van der Waals surface area contributed by atoms with Gasteiger partial charge in [-0.25, -0.2) is 0 Å². The summed E-state index contributed by atoms with van der Waals surface area (Å²) < 4.78 is 5.39. The minimum absolute atomic E-state index is 0.000533. The molecule has 3 aliphatic rings. The Bertz CT molecular complexity index is 754. The van der Waals surface area contributed by atoms with Crippen LogP contribution < -0.4 is 0 Å². The number of morpholine rings is 1. The largest absolute Gasteiger partial charge is 0.377 e. The molecule has 4 rings (SSSR count). The molecule has 0 radical (unpaired) electrons. The first-order valence-corrected chi connectivity index (χ1v) is 9.48. The van der Waals surface area contributed by atoms with Gasteiger partial charge < -0.3 is 9.64 Å². The second-order valence-corrected chi connectivity index (χ2v) is 7.45. The molecule has 26 heavy (non-hydrogen) atoms. The molecule has 2 aliphatic heterocycles. The summed E-state index contributed by atoms with van der Waals surface area (Å²) in [6.07, 6.45) is 5.02. The number of nitrogens with zero attached hydrogens (tertiary/aromatic N) is 2. The summed E-state index contributed by atoms with van der Waals surface area (Å²) in [5.74, 6) is -0.572. The highest BCUT2D eigenvalue weighted by Crippen LogP contribution is 2.31. The number of carbonyl (C=O) groups excluding carboxylic acids is 3. The molecule has 0 bridgehead atoms. The molecule has 138 valence electrons. The highest BCUT2D eigenvalue weighted by Gasteiger charge is 2.40. The fourth-order valence-electron chi connectivity index (χ4n) is 4.26. The van der Waals surface area contributed by atoms with Crippen molar-refractivity contribution in [1.82, 2.24) is 9.80 Å². The van der Waals surface area contributed by atoms with Gasteiger partial charge in [-0.15, -0.1) is 0 Å². The van der Waals surface area contributed by atoms with E-state index in [4.69, 9.17) is 4.74 Å². The summed E-state index contributed by atoms with van der Waals surface area (Å²) in [5, 5.41) is 0. The zero-order valence-electron chi connectivity index (χ0n) is 15.1. The van der Waals surface area contributed by atoms with E-state index in [1.807, 2.05) is 6.92 Å². The molecule has 2 heterocycles. The number of hydrogen-bond donors (Lipinski definition) is 0. The van der Waals surface area contributed by atoms with E-state index in [0.29, 0.717) is 36.4 Å². The van der Waals surface area contributed by atoms with Crippen molar-refractivity contribution in [3.05, 3.63) is 34.9 Å². The molecule has 6 nitrogen and oxygen atoms in total. The summed E-state index contributed by atoms with van der Waals surface area (Å²) in [6.45, 7) is 3.53. The van der Waals surface area contributed by atoms with Gasteiger partial charge in [0.25, 0.3) is 17.7 Å². The molecule has 1 saturated carbocycles. The van der Waals surface area contributed by atoms with Crippen molar-refractivity contribution in [3.8, 4) is 0 Å². The van der Waals surface area contributed by atoms with Gasteiger partial charge in [0.1, 0.15) is 0 Å². The van der Waals surface area contributed by atoms with Gasteiger partial charge in [0.2, 0.25) is 0 Å². The van der Waals surface area contributed by atoms with E-state index in [-0.39, 0.29) is 29.8 Å². The van der Waals surface area contributed by atoms with Crippen LogP contribution in [0.1, 0.15) is 70.1 Å². The molecule has 3 amide bonds. The molecule has 1 atom stereocenters. The van der Waals surface area contributed by atoms with Crippen LogP contribution in [0.3, 0.4) is 0 Å². The topological polar surface area (TPSA) is 66.9 Å². The summed E-state index contributed by atoms with van der Waals surface area (Å²) in [5.41, 5.74) is 1.25. The number of benzene rings is 1. The zero-order chi connectivity index (χ0) is 18.3. The van der Waals surface area contributed by atoms with E-state index in [0.717, 1.165) is 32.1 Å². The first-order chi connectivity index (χ1) is 12.6. The van der Waals surface area contributed by atoms with Crippen molar-refractivity contribution in [2.45, 2.75) is 51.1 Å². The van der Waals surface area contributed by atoms with Crippen LogP contribution in [0.2, 0.25) is 0 Å². The second-order valence-electron chi connectivity index (χ2n) is 7.45. The van der Waals surface area contributed by atoms with Crippen LogP contribution >= 0.6 is 0 Å². The van der Waals surface area contributed by atoms with E-state index in [2.05, 4.69) is 0 Å². The van der Waals surface area contributed by atoms with E-state index in [9.17, 15) is 14.4 Å². The zero-order valence-corrected chi connectivity index (χ0v) is 15.1. The minimum Gasteiger partial charge on any atom is -0.377 e. The Hall–Kier alpha value is -2.21. The normalized spacial score (nSPS) is 24.1. The van der Waals surface area contributed by atoms with Crippen molar-refractivity contribution in [2.24, 2.45) is 0 Å². The molecule has 1 saturated heterocycles. The molecule has 2 fully saturated rings. The van der Waals surface area contributed by atoms with Crippen molar-refractivity contribution >= 4 is 17.7 Å². The van der Waals surface area contributed by atoms with Gasteiger partial charge in [0.15, 0.2) is 0 Å². The first kappa shape index (κ1) is 17.2. The van der Waals surface area contributed by atoms with Gasteiger partial charge in [-0.05, 0) is 38.0 Å². The number of rotatable bonds is 2. The van der Waals surface area contributed by atoms with E-state index in [1.165, 1.54) is 4.90 Å². The lowest BCUT2D eigenvalue weighted by atomic mass is 9.94. The molecule has 0 N–H and O–H groups in total. The Morgan fingerprint density at radius 3 is 2.54 bits per heavy atom. The minimum atomic E-state index is -0.249. The Morgan fingerprint density at radius 1 is 1.08 bits per heavy atom. The second kappa shape index (κ2) is 6.83. The van der Waals surface area contributed by atoms with Crippen LogP contribution in [-0.2, 0) is 4.74 Å². The fraction of sp³-hybridized carbons (Fsp3) is 0.550. The molecule has 1 unspecified atom stereocenters. The molecule has 6 heteroatoms. The lowest BCUT2D eigenvalue weighted by molar-refractivity contribution is 0.00359. The Labute approximate surface area is 153 Å². The molecule has 0 spiro atoms. The number of carbonyl (C=O) groups is 3. The Morgan fingerprint density at radius 2 is 1.81 bits per heavy atom. The van der Waals surface area contributed by atoms with Crippen LogP contribution in [0.5, 0.6) is 0 Å². The predicted octanol–water partition coefficient (Wildman–Crippen LogP) is 2.48. The van der Waals surface area contributed by atoms with Gasteiger partial charge in [-0.1, -0.05) is 19.3 Å². The van der Waals surface area contributed by atoms with Crippen molar-refractivity contribution in [1.29, 1.82) is 0 Å². The smallest absolute Gasteiger partial charge is 0.261 e. The van der Waals surface area contributed by atoms with Crippen molar-refractivity contribution in [3.63, 3.8) is 0 Å². The third-order valence-electron chi connectivity index (χ3n) is 5.73. The van der Waals surface area contributed by atoms with Crippen LogP contribution in [0.4, 0.5) is 0 Å². The van der Waals surface area contributed by atoms with Crippen LogP contribution in [-0.4, -0.2) is 59.4 Å². The Balaban J connectivity index is 1.60. The van der Waals surface area contributed by atoms with E-state index in [1.54, 1.807) is 23.1 Å². The molecule has 1 aliphatic carbocycles. The SMILES string of the molecule is CC1COCCN1C(=O)c1ccc2c(c1)C(=O)N(C1CCCCC1)C2=O. The summed E-state index contributed by atoms with van der Waals surface area (Å²) in [6, 6.07) is 4.90. The van der Waals surface area contributed by atoms with Gasteiger partial charge in [-0.2, -0.15) is 0 Å². The first-order valence-electron chi connectivity index (χ1n) is 9.48. The van der Waals surface area contributed by atoms with Crippen molar-refractivity contribution < 1.29 is 19.1 Å². The molecule has 1 aromatic rings. The highest BCUT2D eigenvalue weighted by molar-refractivity contribution is 6.22. The number of hydrogen-bond acceptors (Lipinski definition) is 4. The van der Waals surface area contributed by atoms with Crippen LogP contribution in [0, 0.1) is 0 Å². The third-order valence-corrected chi connectivity index (χ3v) is 5.73. The summed E-state index contributed by atoms with van der Waals surface area (Å²) in [7, 11) is 0. The summed E-state index contributed by atoms with van der Waals surface area (Å²) in [4.78, 5) is 41.7. The molecule has 0 aromatic heterocycles. The van der Waals surface area contributed by atoms with Gasteiger partial charge in [0, 0.05) is 18.2 Å². The number of imide groups is 1. The van der Waals surface area contributed by atoms with Crippen LogP contribution in [0.25, 0.3) is 0 Å². The quantitative estimate of drug-likeness (QED) is 0.764. The maximum Gasteiger partial charge on any atom is 0.261 e. The number of amides is 3. The van der Waals surface area contributed by atoms with Gasteiger partial charge in [-0.3, -0.25) is 19.3 Å². The molecular weight excluding hydrogens is 332 g/mol. The molecular formula is C20H24N2O4. The summed E-state index contributed by atoms with van der Waals surface area (Å²) >= 11 is 0. The average molecular weight is 356 g/mol. The standard InChI is InChI=1S/C20H24N2O4/c1-13-12-26-10-9-21(13)18(23)14-7-8-16-17(11-14)20(25)22(19(16)24)15-5-3-2-4-6-15/h7-8,11,13,15H,2-6,9-10,12H2,1H3. The monoisotopic (exact) mass is 356 g/mol. The predicted molar refractivity (Wildman–Crippen MR) is 95.1 cm³/mol. The number of ether oxygens (including phenoxy) is 1. The maximum absolute atomic E-state index is 12.9. The van der Waals surface area contributed by atoms with Crippen LogP contribution in [0.15, 0.2) is 18.2 Å². The fourth-order valence-corrected chi connectivity index (χ4v) is 4.26. The Kier molecular flexibility index (Phi) is 4.53. The lowest BCUT2D eigenvalue weighted by Crippen LogP contribution is -2.47.